The number of carbonyl (C=O) groups excluding carboxylic acids is 1. The topological polar surface area (TPSA) is 66.5 Å². The molecule has 6 heteroatoms. The zero-order chi connectivity index (χ0) is 28.1. The van der Waals surface area contributed by atoms with E-state index in [9.17, 15) is 4.79 Å². The van der Waals surface area contributed by atoms with Gasteiger partial charge in [0.15, 0.2) is 5.78 Å². The SMILES string of the molecule is O=C(COCc1ccccc1)[C@@H](OCc1ccccc1)[C@H](OCc1ccccc1)[C@@H](OCc1ccccc1)C1CO1. The van der Waals surface area contributed by atoms with Gasteiger partial charge in [0.2, 0.25) is 0 Å². The van der Waals surface area contributed by atoms with Crippen molar-refractivity contribution < 1.29 is 28.5 Å². The summed E-state index contributed by atoms with van der Waals surface area (Å²) in [6.45, 7) is 1.66. The molecule has 0 aliphatic carbocycles. The molecule has 4 aromatic carbocycles. The number of ketones is 1. The first kappa shape index (κ1) is 28.9. The zero-order valence-electron chi connectivity index (χ0n) is 23.0. The lowest BCUT2D eigenvalue weighted by Gasteiger charge is -2.32. The molecule has 0 saturated carbocycles. The highest BCUT2D eigenvalue weighted by Crippen LogP contribution is 2.28. The van der Waals surface area contributed by atoms with E-state index in [0.717, 1.165) is 22.3 Å². The van der Waals surface area contributed by atoms with Crippen molar-refractivity contribution in [2.45, 2.75) is 50.8 Å². The summed E-state index contributed by atoms with van der Waals surface area (Å²) >= 11 is 0. The monoisotopic (exact) mass is 552 g/mol. The van der Waals surface area contributed by atoms with E-state index in [-0.39, 0.29) is 25.1 Å². The van der Waals surface area contributed by atoms with Crippen molar-refractivity contribution in [3.8, 4) is 0 Å². The summed E-state index contributed by atoms with van der Waals surface area (Å²) < 4.78 is 30.9. The van der Waals surface area contributed by atoms with E-state index in [0.29, 0.717) is 26.4 Å². The summed E-state index contributed by atoms with van der Waals surface area (Å²) in [7, 11) is 0. The lowest BCUT2D eigenvalue weighted by Crippen LogP contribution is -2.50. The average molecular weight is 553 g/mol. The lowest BCUT2D eigenvalue weighted by molar-refractivity contribution is -0.173. The third kappa shape index (κ3) is 9.18. The Labute approximate surface area is 241 Å². The van der Waals surface area contributed by atoms with Crippen LogP contribution in [-0.2, 0) is 54.9 Å². The highest BCUT2D eigenvalue weighted by Gasteiger charge is 2.46. The molecule has 1 fully saturated rings. The Kier molecular flexibility index (Phi) is 10.8. The number of epoxide rings is 1. The summed E-state index contributed by atoms with van der Waals surface area (Å²) in [4.78, 5) is 13.8. The van der Waals surface area contributed by atoms with Crippen molar-refractivity contribution in [2.24, 2.45) is 0 Å². The smallest absolute Gasteiger partial charge is 0.189 e. The second-order valence-electron chi connectivity index (χ2n) is 10.1. The van der Waals surface area contributed by atoms with Gasteiger partial charge in [-0.2, -0.15) is 0 Å². The van der Waals surface area contributed by atoms with Gasteiger partial charge in [0, 0.05) is 0 Å². The van der Waals surface area contributed by atoms with Crippen LogP contribution in [0.25, 0.3) is 0 Å². The maximum Gasteiger partial charge on any atom is 0.189 e. The van der Waals surface area contributed by atoms with Gasteiger partial charge in [-0.25, -0.2) is 0 Å². The molecule has 0 N–H and O–H groups in total. The molecule has 1 saturated heterocycles. The van der Waals surface area contributed by atoms with Crippen molar-refractivity contribution in [2.75, 3.05) is 13.2 Å². The van der Waals surface area contributed by atoms with Gasteiger partial charge in [-0.15, -0.1) is 0 Å². The fraction of sp³-hybridized carbons (Fsp3) is 0.286. The summed E-state index contributed by atoms with van der Waals surface area (Å²) in [5.41, 5.74) is 3.97. The molecule has 4 atom stereocenters. The molecule has 0 aromatic heterocycles. The number of Topliss-reactive ketones (excluding diaryl/α,β-unsaturated/α-hetero) is 1. The van der Waals surface area contributed by atoms with E-state index in [1.54, 1.807) is 0 Å². The fourth-order valence-electron chi connectivity index (χ4n) is 4.60. The van der Waals surface area contributed by atoms with Gasteiger partial charge in [0.05, 0.1) is 33.0 Å². The molecule has 1 aliphatic heterocycles. The first-order valence-corrected chi connectivity index (χ1v) is 14.0. The zero-order valence-corrected chi connectivity index (χ0v) is 23.0. The van der Waals surface area contributed by atoms with Gasteiger partial charge in [0.25, 0.3) is 0 Å². The minimum absolute atomic E-state index is 0.115. The first-order valence-electron chi connectivity index (χ1n) is 14.0. The number of carbonyl (C=O) groups is 1. The highest BCUT2D eigenvalue weighted by molar-refractivity contribution is 5.85. The van der Waals surface area contributed by atoms with Crippen molar-refractivity contribution in [3.63, 3.8) is 0 Å². The van der Waals surface area contributed by atoms with Crippen LogP contribution in [0.15, 0.2) is 121 Å². The molecule has 4 aromatic rings. The van der Waals surface area contributed by atoms with E-state index < -0.39 is 18.3 Å². The van der Waals surface area contributed by atoms with E-state index in [4.69, 9.17) is 23.7 Å². The number of hydrogen-bond acceptors (Lipinski definition) is 6. The minimum atomic E-state index is -0.931. The summed E-state index contributed by atoms with van der Waals surface area (Å²) in [5, 5.41) is 0. The van der Waals surface area contributed by atoms with Crippen LogP contribution in [0.5, 0.6) is 0 Å². The summed E-state index contributed by atoms with van der Waals surface area (Å²) in [5.74, 6) is -0.205. The quantitative estimate of drug-likeness (QED) is 0.151. The predicted octanol–water partition coefficient (Wildman–Crippen LogP) is 5.93. The van der Waals surface area contributed by atoms with Crippen molar-refractivity contribution in [1.82, 2.24) is 0 Å². The van der Waals surface area contributed by atoms with Crippen LogP contribution in [0.2, 0.25) is 0 Å². The summed E-state index contributed by atoms with van der Waals surface area (Å²) in [6.07, 6.45) is -2.36. The Morgan fingerprint density at radius 3 is 1.49 bits per heavy atom. The second-order valence-corrected chi connectivity index (χ2v) is 10.1. The molecule has 1 unspecified atom stereocenters. The molecule has 6 nitrogen and oxygen atoms in total. The maximum absolute atomic E-state index is 13.8. The van der Waals surface area contributed by atoms with Crippen molar-refractivity contribution in [1.29, 1.82) is 0 Å². The summed E-state index contributed by atoms with van der Waals surface area (Å²) in [6, 6.07) is 39.4. The van der Waals surface area contributed by atoms with Gasteiger partial charge in [0.1, 0.15) is 31.0 Å². The van der Waals surface area contributed by atoms with Crippen LogP contribution >= 0.6 is 0 Å². The normalized spacial score (nSPS) is 16.5. The largest absolute Gasteiger partial charge is 0.370 e. The van der Waals surface area contributed by atoms with E-state index in [1.807, 2.05) is 121 Å². The number of benzene rings is 4. The Morgan fingerprint density at radius 1 is 0.610 bits per heavy atom. The minimum Gasteiger partial charge on any atom is -0.370 e. The second kappa shape index (κ2) is 15.4. The van der Waals surface area contributed by atoms with E-state index >= 15 is 0 Å². The molecule has 0 radical (unpaired) electrons. The molecule has 1 aliphatic rings. The number of hydrogen-bond donors (Lipinski definition) is 0. The van der Waals surface area contributed by atoms with Crippen LogP contribution in [0, 0.1) is 0 Å². The van der Waals surface area contributed by atoms with E-state index in [1.165, 1.54) is 0 Å². The number of ether oxygens (including phenoxy) is 5. The highest BCUT2D eigenvalue weighted by atomic mass is 16.6. The van der Waals surface area contributed by atoms with Gasteiger partial charge in [-0.1, -0.05) is 121 Å². The molecule has 0 amide bonds. The molecular formula is C35H36O6. The van der Waals surface area contributed by atoms with Crippen LogP contribution < -0.4 is 0 Å². The van der Waals surface area contributed by atoms with Gasteiger partial charge >= 0.3 is 0 Å². The van der Waals surface area contributed by atoms with Crippen molar-refractivity contribution >= 4 is 5.78 Å². The lowest BCUT2D eigenvalue weighted by atomic mass is 10.0. The molecule has 0 spiro atoms. The van der Waals surface area contributed by atoms with Crippen LogP contribution in [0.4, 0.5) is 0 Å². The molecule has 1 heterocycles. The van der Waals surface area contributed by atoms with Gasteiger partial charge in [-0.05, 0) is 22.3 Å². The fourth-order valence-corrected chi connectivity index (χ4v) is 4.60. The average Bonchev–Trinajstić information content (AvgIpc) is 3.87. The molecule has 0 bridgehead atoms. The Balaban J connectivity index is 1.37. The molecule has 5 rings (SSSR count). The molecular weight excluding hydrogens is 516 g/mol. The maximum atomic E-state index is 13.8. The molecule has 212 valence electrons. The van der Waals surface area contributed by atoms with Crippen molar-refractivity contribution in [3.05, 3.63) is 144 Å². The van der Waals surface area contributed by atoms with Gasteiger partial charge < -0.3 is 23.7 Å². The Bertz CT molecular complexity index is 1300. The molecule has 41 heavy (non-hydrogen) atoms. The number of rotatable bonds is 17. The predicted molar refractivity (Wildman–Crippen MR) is 156 cm³/mol. The third-order valence-electron chi connectivity index (χ3n) is 6.86. The Hall–Kier alpha value is -3.65. The van der Waals surface area contributed by atoms with Gasteiger partial charge in [-0.3, -0.25) is 4.79 Å². The van der Waals surface area contributed by atoms with E-state index in [2.05, 4.69) is 0 Å². The first-order chi connectivity index (χ1) is 20.3. The third-order valence-corrected chi connectivity index (χ3v) is 6.86. The van der Waals surface area contributed by atoms with Crippen LogP contribution in [0.3, 0.4) is 0 Å². The Morgan fingerprint density at radius 2 is 1.02 bits per heavy atom. The standard InChI is InChI=1S/C35H36O6/c36-31(25-37-21-27-13-5-1-6-14-27)33(39-22-28-15-7-2-8-16-28)35(41-24-30-19-11-4-12-20-30)34(32-26-38-32)40-23-29-17-9-3-10-18-29/h1-20,32-35H,21-26H2/t32?,33-,34+,35+/m1/s1. The van der Waals surface area contributed by atoms with Crippen LogP contribution in [-0.4, -0.2) is 43.4 Å². The van der Waals surface area contributed by atoms with Crippen LogP contribution in [0.1, 0.15) is 22.3 Å².